The Hall–Kier alpha value is -1.22. The number of nitrogens with zero attached hydrogens (tertiary/aromatic N) is 1. The molecule has 3 heteroatoms. The van der Waals surface area contributed by atoms with E-state index in [1.807, 2.05) is 6.07 Å². The summed E-state index contributed by atoms with van der Waals surface area (Å²) < 4.78 is 12.7. The molecule has 1 N–H and O–H groups in total. The molecule has 0 bridgehead atoms. The van der Waals surface area contributed by atoms with Crippen molar-refractivity contribution in [1.29, 1.82) is 0 Å². The van der Waals surface area contributed by atoms with Crippen LogP contribution in [0.3, 0.4) is 0 Å². The van der Waals surface area contributed by atoms with Crippen molar-refractivity contribution in [3.63, 3.8) is 0 Å². The van der Waals surface area contributed by atoms with Crippen LogP contribution in [0.2, 0.25) is 0 Å². The van der Waals surface area contributed by atoms with Gasteiger partial charge in [-0.1, -0.05) is 6.08 Å². The maximum atomic E-state index is 12.7. The molecule has 1 aliphatic carbocycles. The number of aromatic nitrogens is 1. The third-order valence-electron chi connectivity index (χ3n) is 3.69. The predicted molar refractivity (Wildman–Crippen MR) is 61.3 cm³/mol. The highest BCUT2D eigenvalue weighted by atomic mass is 19.1. The number of pyridine rings is 1. The molecule has 1 aliphatic heterocycles. The average molecular weight is 218 g/mol. The number of allylic oxidation sites excluding steroid dienone is 1. The van der Waals surface area contributed by atoms with E-state index in [0.29, 0.717) is 5.92 Å². The van der Waals surface area contributed by atoms with Crippen LogP contribution in [-0.4, -0.2) is 18.1 Å². The van der Waals surface area contributed by atoms with Gasteiger partial charge < -0.3 is 5.32 Å². The van der Waals surface area contributed by atoms with Crippen LogP contribution in [0, 0.1) is 17.8 Å². The van der Waals surface area contributed by atoms with Crippen molar-refractivity contribution >= 4 is 5.57 Å². The lowest BCUT2D eigenvalue weighted by Crippen LogP contribution is -2.15. The van der Waals surface area contributed by atoms with E-state index in [1.54, 1.807) is 6.20 Å². The minimum atomic E-state index is -0.402. The van der Waals surface area contributed by atoms with Crippen molar-refractivity contribution in [2.45, 2.75) is 12.8 Å². The molecule has 2 atom stereocenters. The zero-order valence-corrected chi connectivity index (χ0v) is 9.12. The van der Waals surface area contributed by atoms with Gasteiger partial charge in [0, 0.05) is 12.7 Å². The van der Waals surface area contributed by atoms with E-state index in [9.17, 15) is 4.39 Å². The summed E-state index contributed by atoms with van der Waals surface area (Å²) in [6.45, 7) is 2.24. The molecule has 16 heavy (non-hydrogen) atoms. The fourth-order valence-electron chi connectivity index (χ4n) is 2.75. The molecular formula is C13H15FN2. The highest BCUT2D eigenvalue weighted by Gasteiger charge is 2.29. The summed E-state index contributed by atoms with van der Waals surface area (Å²) in [6.07, 6.45) is 6.32. The van der Waals surface area contributed by atoms with Gasteiger partial charge in [-0.05, 0) is 54.5 Å². The Morgan fingerprint density at radius 3 is 3.06 bits per heavy atom. The van der Waals surface area contributed by atoms with Gasteiger partial charge in [-0.3, -0.25) is 0 Å². The van der Waals surface area contributed by atoms with Gasteiger partial charge in [0.25, 0.3) is 0 Å². The normalized spacial score (nSPS) is 28.7. The molecule has 84 valence electrons. The molecule has 1 fully saturated rings. The van der Waals surface area contributed by atoms with E-state index < -0.39 is 5.95 Å². The summed E-state index contributed by atoms with van der Waals surface area (Å²) in [7, 11) is 0. The molecule has 2 aliphatic rings. The third kappa shape index (κ3) is 1.76. The second kappa shape index (κ2) is 3.98. The lowest BCUT2D eigenvalue weighted by atomic mass is 9.81. The van der Waals surface area contributed by atoms with E-state index in [-0.39, 0.29) is 0 Å². The standard InChI is InChI=1S/C13H15FN2/c14-13-4-3-11(8-16-13)9-1-2-10-6-15-7-12(10)5-9/h3-5,8,10,12,15H,1-2,6-7H2. The van der Waals surface area contributed by atoms with Crippen molar-refractivity contribution in [3.8, 4) is 0 Å². The highest BCUT2D eigenvalue weighted by Crippen LogP contribution is 2.35. The summed E-state index contributed by atoms with van der Waals surface area (Å²) in [5, 5.41) is 3.43. The largest absolute Gasteiger partial charge is 0.316 e. The zero-order valence-electron chi connectivity index (χ0n) is 9.12. The molecule has 1 aromatic heterocycles. The average Bonchev–Trinajstić information content (AvgIpc) is 2.77. The van der Waals surface area contributed by atoms with Gasteiger partial charge in [-0.25, -0.2) is 4.98 Å². The molecule has 1 aromatic rings. The minimum Gasteiger partial charge on any atom is -0.316 e. The van der Waals surface area contributed by atoms with Gasteiger partial charge in [0.15, 0.2) is 0 Å². The number of nitrogens with one attached hydrogen (secondary N) is 1. The van der Waals surface area contributed by atoms with Gasteiger partial charge in [-0.2, -0.15) is 4.39 Å². The quantitative estimate of drug-likeness (QED) is 0.731. The molecule has 2 heterocycles. The molecule has 2 nitrogen and oxygen atoms in total. The van der Waals surface area contributed by atoms with Crippen molar-refractivity contribution < 1.29 is 4.39 Å². The highest BCUT2D eigenvalue weighted by molar-refractivity contribution is 5.66. The van der Waals surface area contributed by atoms with Crippen LogP contribution >= 0.6 is 0 Å². The van der Waals surface area contributed by atoms with Crippen LogP contribution in [-0.2, 0) is 0 Å². The maximum Gasteiger partial charge on any atom is 0.212 e. The lowest BCUT2D eigenvalue weighted by Gasteiger charge is -2.23. The summed E-state index contributed by atoms with van der Waals surface area (Å²) in [6, 6.07) is 3.27. The Kier molecular flexibility index (Phi) is 2.48. The zero-order chi connectivity index (χ0) is 11.0. The number of fused-ring (bicyclic) bond motifs is 1. The fraction of sp³-hybridized carbons (Fsp3) is 0.462. The molecule has 0 amide bonds. The Balaban J connectivity index is 1.87. The van der Waals surface area contributed by atoms with Gasteiger partial charge in [0.1, 0.15) is 0 Å². The van der Waals surface area contributed by atoms with E-state index in [2.05, 4.69) is 16.4 Å². The van der Waals surface area contributed by atoms with Crippen molar-refractivity contribution in [3.05, 3.63) is 35.9 Å². The Bertz CT molecular complexity index is 410. The third-order valence-corrected chi connectivity index (χ3v) is 3.69. The summed E-state index contributed by atoms with van der Waals surface area (Å²) in [5.41, 5.74) is 2.41. The van der Waals surface area contributed by atoms with Crippen LogP contribution in [0.25, 0.3) is 5.57 Å². The Labute approximate surface area is 94.6 Å². The first-order chi connectivity index (χ1) is 7.83. The van der Waals surface area contributed by atoms with Gasteiger partial charge >= 0.3 is 0 Å². The van der Waals surface area contributed by atoms with Gasteiger partial charge in [-0.15, -0.1) is 0 Å². The second-order valence-corrected chi connectivity index (χ2v) is 4.68. The van der Waals surface area contributed by atoms with E-state index in [1.165, 1.54) is 18.1 Å². The minimum absolute atomic E-state index is 0.402. The maximum absolute atomic E-state index is 12.7. The SMILES string of the molecule is Fc1ccc(C2=CC3CNCC3CC2)cn1. The lowest BCUT2D eigenvalue weighted by molar-refractivity contribution is 0.448. The first-order valence-electron chi connectivity index (χ1n) is 5.86. The molecule has 0 radical (unpaired) electrons. The molecule has 0 aromatic carbocycles. The number of hydrogen-bond donors (Lipinski definition) is 1. The number of hydrogen-bond acceptors (Lipinski definition) is 2. The predicted octanol–water partition coefficient (Wildman–Crippen LogP) is 2.23. The molecule has 2 unspecified atom stereocenters. The van der Waals surface area contributed by atoms with Crippen LogP contribution < -0.4 is 5.32 Å². The van der Waals surface area contributed by atoms with Crippen LogP contribution in [0.15, 0.2) is 24.4 Å². The van der Waals surface area contributed by atoms with Crippen LogP contribution in [0.1, 0.15) is 18.4 Å². The van der Waals surface area contributed by atoms with Crippen LogP contribution in [0.5, 0.6) is 0 Å². The van der Waals surface area contributed by atoms with E-state index in [4.69, 9.17) is 0 Å². The van der Waals surface area contributed by atoms with Crippen molar-refractivity contribution in [2.75, 3.05) is 13.1 Å². The van der Waals surface area contributed by atoms with Gasteiger partial charge in [0.05, 0.1) is 0 Å². The molecular weight excluding hydrogens is 203 g/mol. The second-order valence-electron chi connectivity index (χ2n) is 4.68. The van der Waals surface area contributed by atoms with E-state index >= 15 is 0 Å². The summed E-state index contributed by atoms with van der Waals surface area (Å²) in [4.78, 5) is 3.72. The molecule has 0 saturated carbocycles. The van der Waals surface area contributed by atoms with Crippen molar-refractivity contribution in [1.82, 2.24) is 10.3 Å². The number of halogens is 1. The fourth-order valence-corrected chi connectivity index (χ4v) is 2.75. The van der Waals surface area contributed by atoms with Crippen molar-refractivity contribution in [2.24, 2.45) is 11.8 Å². The molecule has 3 rings (SSSR count). The van der Waals surface area contributed by atoms with Gasteiger partial charge in [0.2, 0.25) is 5.95 Å². The van der Waals surface area contributed by atoms with Crippen LogP contribution in [0.4, 0.5) is 4.39 Å². The Morgan fingerprint density at radius 2 is 2.25 bits per heavy atom. The summed E-state index contributed by atoms with van der Waals surface area (Å²) >= 11 is 0. The smallest absolute Gasteiger partial charge is 0.212 e. The topological polar surface area (TPSA) is 24.9 Å². The molecule has 0 spiro atoms. The first-order valence-corrected chi connectivity index (χ1v) is 5.86. The van der Waals surface area contributed by atoms with E-state index in [0.717, 1.165) is 31.0 Å². The first kappa shape index (κ1) is 9.97. The number of rotatable bonds is 1. The molecule has 1 saturated heterocycles. The monoisotopic (exact) mass is 218 g/mol. The summed E-state index contributed by atoms with van der Waals surface area (Å²) in [5.74, 6) is 1.06. The Morgan fingerprint density at radius 1 is 1.31 bits per heavy atom.